The molecule has 3 aromatic heterocycles. The van der Waals surface area contributed by atoms with Crippen molar-refractivity contribution in [2.45, 2.75) is 64.3 Å². The molecular weight excluding hydrogens is 479 g/mol. The second kappa shape index (κ2) is 9.38. The molecule has 0 aliphatic carbocycles. The molecule has 8 nitrogen and oxygen atoms in total. The lowest BCUT2D eigenvalue weighted by molar-refractivity contribution is -0.131. The van der Waals surface area contributed by atoms with Gasteiger partial charge in [-0.25, -0.2) is 19.3 Å². The van der Waals surface area contributed by atoms with Crippen molar-refractivity contribution in [3.8, 4) is 16.5 Å². The Kier molecular flexibility index (Phi) is 6.40. The Bertz CT molecular complexity index is 1310. The third kappa shape index (κ3) is 4.42. The molecular formula is C26H31FN6O2S. The van der Waals surface area contributed by atoms with Crippen LogP contribution in [0.1, 0.15) is 68.1 Å². The lowest BCUT2D eigenvalue weighted by Gasteiger charge is -2.36. The van der Waals surface area contributed by atoms with E-state index in [0.717, 1.165) is 58.9 Å². The average molecular weight is 511 g/mol. The van der Waals surface area contributed by atoms with E-state index in [-0.39, 0.29) is 17.4 Å². The first-order valence-electron chi connectivity index (χ1n) is 12.3. The molecule has 0 unspecified atom stereocenters. The predicted octanol–water partition coefficient (Wildman–Crippen LogP) is 4.71. The van der Waals surface area contributed by atoms with E-state index in [1.807, 2.05) is 11.8 Å². The Morgan fingerprint density at radius 2 is 2.06 bits per heavy atom. The van der Waals surface area contributed by atoms with E-state index in [9.17, 15) is 9.18 Å². The molecule has 2 aliphatic rings. The zero-order valence-corrected chi connectivity index (χ0v) is 22.1. The van der Waals surface area contributed by atoms with Gasteiger partial charge in [0.05, 0.1) is 30.5 Å². The maximum Gasteiger partial charge on any atom is 0.230 e. The summed E-state index contributed by atoms with van der Waals surface area (Å²) in [5.74, 6) is 1.10. The molecule has 1 fully saturated rings. The van der Waals surface area contributed by atoms with Crippen LogP contribution in [0.5, 0.6) is 5.88 Å². The third-order valence-corrected chi connectivity index (χ3v) is 8.07. The standard InChI is InChI=1S/C26H31FN6O2S/c1-14(2)22-30-24(36-32-22)19-10-17-6-7-26(31-23(17)29-16(19)4)8-9-33(13-26)25(34)15(3)18-11-21(35-5)28-12-20(18)27/h10-12,14-15H,6-9,13H2,1-5H3,(H,29,31)/t15-,26+/m1/s1. The summed E-state index contributed by atoms with van der Waals surface area (Å²) in [5, 5.41) is 4.57. The normalized spacial score (nSPS) is 19.9. The number of likely N-dealkylation sites (tertiary alicyclic amines) is 1. The van der Waals surface area contributed by atoms with Crippen LogP contribution in [0.15, 0.2) is 18.3 Å². The fourth-order valence-electron chi connectivity index (χ4n) is 5.08. The van der Waals surface area contributed by atoms with Crippen LogP contribution < -0.4 is 10.1 Å². The van der Waals surface area contributed by atoms with E-state index < -0.39 is 11.7 Å². The van der Waals surface area contributed by atoms with Gasteiger partial charge in [0.2, 0.25) is 11.8 Å². The first-order chi connectivity index (χ1) is 17.2. The summed E-state index contributed by atoms with van der Waals surface area (Å²) >= 11 is 1.42. The highest BCUT2D eigenvalue weighted by molar-refractivity contribution is 7.09. The van der Waals surface area contributed by atoms with Crippen LogP contribution in [-0.4, -0.2) is 55.9 Å². The van der Waals surface area contributed by atoms with Crippen molar-refractivity contribution in [2.75, 3.05) is 25.5 Å². The summed E-state index contributed by atoms with van der Waals surface area (Å²) in [4.78, 5) is 28.7. The molecule has 190 valence electrons. The van der Waals surface area contributed by atoms with Crippen LogP contribution in [0.4, 0.5) is 10.2 Å². The number of rotatable bonds is 5. The van der Waals surface area contributed by atoms with Gasteiger partial charge in [0.15, 0.2) is 0 Å². The van der Waals surface area contributed by atoms with Crippen molar-refractivity contribution in [1.82, 2.24) is 24.2 Å². The molecule has 0 aromatic carbocycles. The highest BCUT2D eigenvalue weighted by Gasteiger charge is 2.43. The van der Waals surface area contributed by atoms with Crippen molar-refractivity contribution >= 4 is 23.3 Å². The number of halogens is 1. The number of nitrogens with one attached hydrogen (secondary N) is 1. The Morgan fingerprint density at radius 1 is 1.25 bits per heavy atom. The molecule has 5 rings (SSSR count). The minimum Gasteiger partial charge on any atom is -0.481 e. The number of carbonyl (C=O) groups excluding carboxylic acids is 1. The van der Waals surface area contributed by atoms with Crippen LogP contribution in [0.3, 0.4) is 0 Å². The number of nitrogens with zero attached hydrogens (tertiary/aromatic N) is 5. The molecule has 36 heavy (non-hydrogen) atoms. The van der Waals surface area contributed by atoms with Crippen molar-refractivity contribution in [3.05, 3.63) is 46.8 Å². The molecule has 10 heteroatoms. The monoisotopic (exact) mass is 510 g/mol. The largest absolute Gasteiger partial charge is 0.481 e. The first-order valence-corrected chi connectivity index (χ1v) is 13.1. The fourth-order valence-corrected chi connectivity index (χ4v) is 5.95. The van der Waals surface area contributed by atoms with Crippen LogP contribution in [0, 0.1) is 12.7 Å². The molecule has 2 aliphatic heterocycles. The number of hydrogen-bond donors (Lipinski definition) is 1. The Morgan fingerprint density at radius 3 is 2.78 bits per heavy atom. The van der Waals surface area contributed by atoms with Crippen molar-refractivity contribution in [3.63, 3.8) is 0 Å². The van der Waals surface area contributed by atoms with E-state index in [1.165, 1.54) is 24.7 Å². The number of methoxy groups -OCH3 is 1. The zero-order chi connectivity index (χ0) is 25.6. The van der Waals surface area contributed by atoms with Gasteiger partial charge in [0, 0.05) is 36.2 Å². The minimum absolute atomic E-state index is 0.0941. The predicted molar refractivity (Wildman–Crippen MR) is 137 cm³/mol. The maximum absolute atomic E-state index is 14.4. The molecule has 5 heterocycles. The number of fused-ring (bicyclic) bond motifs is 1. The average Bonchev–Trinajstić information content (AvgIpc) is 3.51. The number of pyridine rings is 2. The highest BCUT2D eigenvalue weighted by atomic mass is 32.1. The second-order valence-corrected chi connectivity index (χ2v) is 10.9. The van der Waals surface area contributed by atoms with Gasteiger partial charge in [-0.05, 0) is 56.3 Å². The van der Waals surface area contributed by atoms with Crippen LogP contribution in [0.25, 0.3) is 10.6 Å². The highest BCUT2D eigenvalue weighted by Crippen LogP contribution is 2.39. The number of amides is 1. The molecule has 2 atom stereocenters. The van der Waals surface area contributed by atoms with E-state index >= 15 is 0 Å². The van der Waals surface area contributed by atoms with Crippen molar-refractivity contribution in [2.24, 2.45) is 0 Å². The zero-order valence-electron chi connectivity index (χ0n) is 21.3. The van der Waals surface area contributed by atoms with E-state index in [0.29, 0.717) is 24.5 Å². The molecule has 1 amide bonds. The summed E-state index contributed by atoms with van der Waals surface area (Å²) < 4.78 is 24.0. The Balaban J connectivity index is 1.32. The van der Waals surface area contributed by atoms with Gasteiger partial charge >= 0.3 is 0 Å². The maximum atomic E-state index is 14.4. The number of ether oxygens (including phenoxy) is 1. The lowest BCUT2D eigenvalue weighted by atomic mass is 9.86. The molecule has 0 bridgehead atoms. The molecule has 3 aromatic rings. The molecule has 0 radical (unpaired) electrons. The van der Waals surface area contributed by atoms with Gasteiger partial charge in [0.1, 0.15) is 22.5 Å². The number of aryl methyl sites for hydroxylation is 2. The van der Waals surface area contributed by atoms with Crippen molar-refractivity contribution < 1.29 is 13.9 Å². The van der Waals surface area contributed by atoms with Crippen LogP contribution >= 0.6 is 11.5 Å². The minimum atomic E-state index is -0.626. The van der Waals surface area contributed by atoms with Gasteiger partial charge in [0.25, 0.3) is 0 Å². The third-order valence-electron chi connectivity index (χ3n) is 7.31. The summed E-state index contributed by atoms with van der Waals surface area (Å²) in [6, 6.07) is 3.69. The summed E-state index contributed by atoms with van der Waals surface area (Å²) in [7, 11) is 1.47. The molecule has 0 saturated carbocycles. The molecule has 1 saturated heterocycles. The van der Waals surface area contributed by atoms with Gasteiger partial charge in [-0.1, -0.05) is 13.8 Å². The number of carbonyl (C=O) groups is 1. The Labute approximate surface area is 214 Å². The van der Waals surface area contributed by atoms with Crippen molar-refractivity contribution in [1.29, 1.82) is 0 Å². The molecule has 1 spiro atoms. The van der Waals surface area contributed by atoms with Gasteiger partial charge < -0.3 is 15.0 Å². The SMILES string of the molecule is COc1cc([C@@H](C)C(=O)N2CC[C@@]3(CCc4cc(-c5nc(C(C)C)ns5)c(C)nc4N3)C2)c(F)cn1. The summed E-state index contributed by atoms with van der Waals surface area (Å²) in [6.07, 6.45) is 3.69. The molecule has 1 N–H and O–H groups in total. The van der Waals surface area contributed by atoms with Gasteiger partial charge in [-0.3, -0.25) is 4.79 Å². The number of hydrogen-bond acceptors (Lipinski definition) is 8. The Hall–Kier alpha value is -3.14. The quantitative estimate of drug-likeness (QED) is 0.531. The van der Waals surface area contributed by atoms with Gasteiger partial charge in [-0.15, -0.1) is 0 Å². The number of aromatic nitrogens is 4. The van der Waals surface area contributed by atoms with Gasteiger partial charge in [-0.2, -0.15) is 4.37 Å². The first kappa shape index (κ1) is 24.5. The lowest BCUT2D eigenvalue weighted by Crippen LogP contribution is -2.46. The second-order valence-electron chi connectivity index (χ2n) is 10.1. The van der Waals surface area contributed by atoms with E-state index in [2.05, 4.69) is 34.6 Å². The fraction of sp³-hybridized carbons (Fsp3) is 0.500. The topological polar surface area (TPSA) is 93.1 Å². The van der Waals surface area contributed by atoms with Crippen LogP contribution in [0.2, 0.25) is 0 Å². The van der Waals surface area contributed by atoms with E-state index in [1.54, 1.807) is 6.92 Å². The van der Waals surface area contributed by atoms with Crippen LogP contribution in [-0.2, 0) is 11.2 Å². The number of anilines is 1. The summed E-state index contributed by atoms with van der Waals surface area (Å²) in [5.41, 5.74) is 3.17. The smallest absolute Gasteiger partial charge is 0.230 e. The van der Waals surface area contributed by atoms with E-state index in [4.69, 9.17) is 14.7 Å². The summed E-state index contributed by atoms with van der Waals surface area (Å²) in [6.45, 7) is 9.10.